The highest BCUT2D eigenvalue weighted by atomic mass is 16.8. The van der Waals surface area contributed by atoms with Gasteiger partial charge in [-0.1, -0.05) is 18.6 Å². The molecule has 2 saturated heterocycles. The summed E-state index contributed by atoms with van der Waals surface area (Å²) >= 11 is 0. The van der Waals surface area contributed by atoms with Crippen LogP contribution >= 0.6 is 0 Å². The number of rotatable bonds is 4. The molecule has 0 saturated carbocycles. The summed E-state index contributed by atoms with van der Waals surface area (Å²) in [6.45, 7) is 10.6. The molecule has 4 atom stereocenters. The Kier molecular flexibility index (Phi) is 4.11. The first-order valence-corrected chi connectivity index (χ1v) is 6.69. The van der Waals surface area contributed by atoms with Crippen molar-refractivity contribution in [1.82, 2.24) is 0 Å². The summed E-state index contributed by atoms with van der Waals surface area (Å²) in [4.78, 5) is 0. The lowest BCUT2D eigenvalue weighted by Gasteiger charge is -2.25. The Morgan fingerprint density at radius 1 is 1.28 bits per heavy atom. The zero-order valence-corrected chi connectivity index (χ0v) is 11.9. The molecule has 0 radical (unpaired) electrons. The van der Waals surface area contributed by atoms with Gasteiger partial charge in [-0.25, -0.2) is 0 Å². The van der Waals surface area contributed by atoms with E-state index in [4.69, 9.17) is 18.9 Å². The Morgan fingerprint density at radius 2 is 2.00 bits per heavy atom. The van der Waals surface area contributed by atoms with Crippen LogP contribution in [0.1, 0.15) is 41.0 Å². The van der Waals surface area contributed by atoms with E-state index in [0.29, 0.717) is 6.61 Å². The highest BCUT2D eigenvalue weighted by Crippen LogP contribution is 2.39. The molecular formula is C14H24O4. The third kappa shape index (κ3) is 2.94. The molecule has 0 aromatic heterocycles. The number of hydrogen-bond donors (Lipinski definition) is 0. The van der Waals surface area contributed by atoms with Crippen molar-refractivity contribution in [1.29, 1.82) is 0 Å². The van der Waals surface area contributed by atoms with Crippen molar-refractivity contribution < 1.29 is 18.9 Å². The standard InChI is InChI=1S/C14H24O4/c1-6-10-11(15-8-7-9(2)3)12-13(16-10)18-14(4,5)17-12/h7,10-13H,6,8H2,1-5H3. The van der Waals surface area contributed by atoms with Crippen LogP contribution in [0.25, 0.3) is 0 Å². The summed E-state index contributed by atoms with van der Waals surface area (Å²) in [5, 5.41) is 0. The molecule has 2 aliphatic heterocycles. The third-order valence-corrected chi connectivity index (χ3v) is 3.27. The quantitative estimate of drug-likeness (QED) is 0.725. The maximum absolute atomic E-state index is 5.92. The molecule has 0 N–H and O–H groups in total. The number of allylic oxidation sites excluding steroid dienone is 1. The van der Waals surface area contributed by atoms with Gasteiger partial charge in [0.1, 0.15) is 12.2 Å². The van der Waals surface area contributed by atoms with E-state index in [1.165, 1.54) is 5.57 Å². The van der Waals surface area contributed by atoms with Crippen molar-refractivity contribution in [3.63, 3.8) is 0 Å². The van der Waals surface area contributed by atoms with Gasteiger partial charge in [-0.3, -0.25) is 0 Å². The molecule has 0 aromatic rings. The van der Waals surface area contributed by atoms with Gasteiger partial charge in [-0.05, 0) is 34.1 Å². The molecule has 0 spiro atoms. The Balaban J connectivity index is 1.99. The summed E-state index contributed by atoms with van der Waals surface area (Å²) in [7, 11) is 0. The zero-order chi connectivity index (χ0) is 13.3. The van der Waals surface area contributed by atoms with Crippen LogP contribution in [-0.4, -0.2) is 37.0 Å². The summed E-state index contributed by atoms with van der Waals surface area (Å²) < 4.78 is 23.4. The van der Waals surface area contributed by atoms with Gasteiger partial charge < -0.3 is 18.9 Å². The lowest BCUT2D eigenvalue weighted by molar-refractivity contribution is -0.217. The topological polar surface area (TPSA) is 36.9 Å². The molecule has 2 aliphatic rings. The Morgan fingerprint density at radius 3 is 2.61 bits per heavy atom. The smallest absolute Gasteiger partial charge is 0.190 e. The Bertz CT molecular complexity index is 320. The van der Waals surface area contributed by atoms with Crippen LogP contribution in [0.15, 0.2) is 11.6 Å². The average molecular weight is 256 g/mol. The van der Waals surface area contributed by atoms with Gasteiger partial charge in [-0.2, -0.15) is 0 Å². The second kappa shape index (κ2) is 5.29. The number of ether oxygens (including phenoxy) is 4. The van der Waals surface area contributed by atoms with E-state index in [2.05, 4.69) is 26.8 Å². The van der Waals surface area contributed by atoms with E-state index in [1.54, 1.807) is 0 Å². The summed E-state index contributed by atoms with van der Waals surface area (Å²) in [6.07, 6.45) is 2.58. The predicted molar refractivity (Wildman–Crippen MR) is 68.2 cm³/mol. The van der Waals surface area contributed by atoms with Crippen LogP contribution in [-0.2, 0) is 18.9 Å². The molecule has 104 valence electrons. The fraction of sp³-hybridized carbons (Fsp3) is 0.857. The highest BCUT2D eigenvalue weighted by Gasteiger charge is 2.54. The molecule has 2 fully saturated rings. The van der Waals surface area contributed by atoms with E-state index in [1.807, 2.05) is 13.8 Å². The van der Waals surface area contributed by atoms with Gasteiger partial charge in [0.15, 0.2) is 12.1 Å². The first-order valence-electron chi connectivity index (χ1n) is 6.69. The lowest BCUT2D eigenvalue weighted by Crippen LogP contribution is -2.36. The number of hydrogen-bond acceptors (Lipinski definition) is 4. The maximum Gasteiger partial charge on any atom is 0.190 e. The van der Waals surface area contributed by atoms with Crippen molar-refractivity contribution >= 4 is 0 Å². The lowest BCUT2D eigenvalue weighted by atomic mass is 10.1. The van der Waals surface area contributed by atoms with Crippen LogP contribution in [0.4, 0.5) is 0 Å². The van der Waals surface area contributed by atoms with Gasteiger partial charge in [0.25, 0.3) is 0 Å². The third-order valence-electron chi connectivity index (χ3n) is 3.27. The van der Waals surface area contributed by atoms with Gasteiger partial charge in [0.05, 0.1) is 12.7 Å². The molecule has 2 heterocycles. The molecule has 4 heteroatoms. The minimum atomic E-state index is -0.577. The van der Waals surface area contributed by atoms with Gasteiger partial charge in [0, 0.05) is 0 Å². The Hall–Kier alpha value is -0.420. The molecule has 0 aliphatic carbocycles. The van der Waals surface area contributed by atoms with Gasteiger partial charge in [0.2, 0.25) is 0 Å². The fourth-order valence-electron chi connectivity index (χ4n) is 2.40. The number of fused-ring (bicyclic) bond motifs is 1. The van der Waals surface area contributed by atoms with Gasteiger partial charge in [-0.15, -0.1) is 0 Å². The predicted octanol–water partition coefficient (Wildman–Crippen LogP) is 2.62. The molecule has 0 aromatic carbocycles. The van der Waals surface area contributed by atoms with Crippen molar-refractivity contribution in [2.24, 2.45) is 0 Å². The summed E-state index contributed by atoms with van der Waals surface area (Å²) in [5.74, 6) is -0.577. The Labute approximate surface area is 109 Å². The molecule has 4 nitrogen and oxygen atoms in total. The van der Waals surface area contributed by atoms with Crippen LogP contribution < -0.4 is 0 Å². The van der Waals surface area contributed by atoms with Crippen LogP contribution in [0.5, 0.6) is 0 Å². The van der Waals surface area contributed by atoms with Crippen LogP contribution in [0.3, 0.4) is 0 Å². The van der Waals surface area contributed by atoms with E-state index in [-0.39, 0.29) is 24.6 Å². The van der Waals surface area contributed by atoms with Crippen LogP contribution in [0, 0.1) is 0 Å². The average Bonchev–Trinajstić information content (AvgIpc) is 2.71. The molecule has 0 bridgehead atoms. The molecular weight excluding hydrogens is 232 g/mol. The fourth-order valence-corrected chi connectivity index (χ4v) is 2.40. The van der Waals surface area contributed by atoms with E-state index in [9.17, 15) is 0 Å². The van der Waals surface area contributed by atoms with Crippen molar-refractivity contribution in [2.75, 3.05) is 6.61 Å². The summed E-state index contributed by atoms with van der Waals surface area (Å²) in [5.41, 5.74) is 1.25. The largest absolute Gasteiger partial charge is 0.369 e. The minimum absolute atomic E-state index is 0.0441. The second-order valence-corrected chi connectivity index (χ2v) is 5.63. The van der Waals surface area contributed by atoms with E-state index < -0.39 is 5.79 Å². The zero-order valence-electron chi connectivity index (χ0n) is 11.9. The second-order valence-electron chi connectivity index (χ2n) is 5.63. The molecule has 0 amide bonds. The molecule has 18 heavy (non-hydrogen) atoms. The van der Waals surface area contributed by atoms with Crippen molar-refractivity contribution in [2.45, 2.75) is 71.4 Å². The monoisotopic (exact) mass is 256 g/mol. The van der Waals surface area contributed by atoms with Crippen LogP contribution in [0.2, 0.25) is 0 Å². The SMILES string of the molecule is CCC1OC2OC(C)(C)OC2C1OCC=C(C)C. The minimum Gasteiger partial charge on any atom is -0.369 e. The highest BCUT2D eigenvalue weighted by molar-refractivity contribution is 4.96. The first kappa shape index (κ1) is 14.0. The molecule has 2 rings (SSSR count). The normalized spacial score (nSPS) is 37.6. The first-order chi connectivity index (χ1) is 8.43. The maximum atomic E-state index is 5.92. The summed E-state index contributed by atoms with van der Waals surface area (Å²) in [6, 6.07) is 0. The van der Waals surface area contributed by atoms with E-state index >= 15 is 0 Å². The molecule has 4 unspecified atom stereocenters. The van der Waals surface area contributed by atoms with Gasteiger partial charge >= 0.3 is 0 Å². The van der Waals surface area contributed by atoms with E-state index in [0.717, 1.165) is 6.42 Å². The van der Waals surface area contributed by atoms with Crippen molar-refractivity contribution in [3.05, 3.63) is 11.6 Å². The van der Waals surface area contributed by atoms with Crippen molar-refractivity contribution in [3.8, 4) is 0 Å².